The van der Waals surface area contributed by atoms with Gasteiger partial charge in [0.1, 0.15) is 0 Å². The van der Waals surface area contributed by atoms with Gasteiger partial charge in [0, 0.05) is 5.92 Å². The zero-order chi connectivity index (χ0) is 8.97. The molecule has 0 N–H and O–H groups in total. The van der Waals surface area contributed by atoms with Gasteiger partial charge < -0.3 is 4.74 Å². The number of methoxy groups -OCH3 is 1. The fourth-order valence-corrected chi connectivity index (χ4v) is 0.722. The quantitative estimate of drug-likeness (QED) is 0.331. The van der Waals surface area contributed by atoms with Crippen molar-refractivity contribution in [2.45, 2.75) is 0 Å². The highest BCUT2D eigenvalue weighted by Crippen LogP contribution is 2.29. The van der Waals surface area contributed by atoms with Crippen molar-refractivity contribution in [3.05, 3.63) is 24.3 Å². The molecule has 12 heavy (non-hydrogen) atoms. The first-order valence-corrected chi connectivity index (χ1v) is 3.43. The lowest BCUT2D eigenvalue weighted by atomic mass is 9.95. The Labute approximate surface area is 71.2 Å². The Morgan fingerprint density at radius 1 is 1.33 bits per heavy atom. The summed E-state index contributed by atoms with van der Waals surface area (Å²) >= 11 is 0. The maximum absolute atomic E-state index is 9.72. The van der Waals surface area contributed by atoms with Gasteiger partial charge in [-0.05, 0) is 11.1 Å². The standard InChI is InChI=1S/C6H4.C4H4O2/c1-2-6-4-3-5(1)6;1-3-4(5)6-2/h1-4H;1H,2H3. The number of carbonyl (C=O) groups is 1. The van der Waals surface area contributed by atoms with Crippen molar-refractivity contribution in [2.24, 2.45) is 0 Å². The van der Waals surface area contributed by atoms with Crippen molar-refractivity contribution in [2.75, 3.05) is 7.11 Å². The number of carbonyl (C=O) groups excluding carboxylic acids is 1. The normalized spacial score (nSPS) is 8.67. The molecule has 0 saturated heterocycles. The van der Waals surface area contributed by atoms with Crippen molar-refractivity contribution in [3.8, 4) is 23.5 Å². The molecule has 0 spiro atoms. The number of hydrogen-bond donors (Lipinski definition) is 0. The summed E-state index contributed by atoms with van der Waals surface area (Å²) in [6.45, 7) is 0. The molecule has 0 aromatic heterocycles. The predicted molar refractivity (Wildman–Crippen MR) is 46.3 cm³/mol. The summed E-state index contributed by atoms with van der Waals surface area (Å²) in [4.78, 5) is 9.72. The lowest BCUT2D eigenvalue weighted by Gasteiger charge is -2.10. The molecule has 2 aliphatic carbocycles. The number of benzene rings is 1. The zero-order valence-corrected chi connectivity index (χ0v) is 6.70. The van der Waals surface area contributed by atoms with E-state index in [2.05, 4.69) is 35.4 Å². The minimum absolute atomic E-state index is 0.630. The van der Waals surface area contributed by atoms with Crippen LogP contribution in [-0.2, 0) is 9.53 Å². The van der Waals surface area contributed by atoms with Crippen LogP contribution in [0.3, 0.4) is 0 Å². The van der Waals surface area contributed by atoms with Gasteiger partial charge in [-0.15, -0.1) is 6.42 Å². The topological polar surface area (TPSA) is 26.3 Å². The third-order valence-electron chi connectivity index (χ3n) is 1.52. The Morgan fingerprint density at radius 2 is 1.75 bits per heavy atom. The van der Waals surface area contributed by atoms with Crippen molar-refractivity contribution < 1.29 is 9.53 Å². The smallest absolute Gasteiger partial charge is 0.383 e. The molecular formula is C10H8O2. The van der Waals surface area contributed by atoms with Crippen molar-refractivity contribution in [1.29, 1.82) is 0 Å². The van der Waals surface area contributed by atoms with E-state index in [1.807, 2.05) is 0 Å². The molecule has 0 unspecified atom stereocenters. The van der Waals surface area contributed by atoms with Crippen LogP contribution in [0.1, 0.15) is 0 Å². The van der Waals surface area contributed by atoms with Crippen LogP contribution < -0.4 is 0 Å². The predicted octanol–water partition coefficient (Wildman–Crippen LogP) is 1.46. The van der Waals surface area contributed by atoms with Gasteiger partial charge in [0.25, 0.3) is 0 Å². The van der Waals surface area contributed by atoms with E-state index in [1.165, 1.54) is 18.2 Å². The molecule has 0 aromatic carbocycles. The van der Waals surface area contributed by atoms with Crippen LogP contribution in [0.4, 0.5) is 0 Å². The van der Waals surface area contributed by atoms with Crippen LogP contribution in [0.5, 0.6) is 0 Å². The first kappa shape index (κ1) is 8.35. The van der Waals surface area contributed by atoms with Crippen LogP contribution in [-0.4, -0.2) is 13.1 Å². The summed E-state index contributed by atoms with van der Waals surface area (Å²) in [7, 11) is 1.24. The minimum Gasteiger partial charge on any atom is -0.459 e. The van der Waals surface area contributed by atoms with Crippen molar-refractivity contribution in [3.63, 3.8) is 0 Å². The summed E-state index contributed by atoms with van der Waals surface area (Å²) in [6.07, 6.45) is 4.56. The number of terminal acetylenes is 1. The molecule has 2 rings (SSSR count). The Bertz CT molecular complexity index is 296. The van der Waals surface area contributed by atoms with Gasteiger partial charge in [0.2, 0.25) is 0 Å². The first-order chi connectivity index (χ1) is 5.77. The molecule has 0 heterocycles. The lowest BCUT2D eigenvalue weighted by molar-refractivity contribution is -0.133. The summed E-state index contributed by atoms with van der Waals surface area (Å²) in [5.74, 6) is 1.12. The van der Waals surface area contributed by atoms with Crippen LogP contribution in [0.25, 0.3) is 11.1 Å². The SMILES string of the molecule is C#CC(=O)OC.c1cc2ccc1-2. The van der Waals surface area contributed by atoms with E-state index in [4.69, 9.17) is 0 Å². The monoisotopic (exact) mass is 160 g/mol. The first-order valence-electron chi connectivity index (χ1n) is 3.43. The molecule has 60 valence electrons. The second-order valence-corrected chi connectivity index (χ2v) is 2.21. The van der Waals surface area contributed by atoms with E-state index in [-0.39, 0.29) is 0 Å². The molecule has 0 atom stereocenters. The van der Waals surface area contributed by atoms with E-state index in [9.17, 15) is 4.79 Å². The summed E-state index contributed by atoms with van der Waals surface area (Å²) in [6, 6.07) is 8.48. The molecule has 0 aliphatic heterocycles. The number of esters is 1. The molecule has 2 nitrogen and oxygen atoms in total. The summed E-state index contributed by atoms with van der Waals surface area (Å²) in [5, 5.41) is 0. The van der Waals surface area contributed by atoms with Gasteiger partial charge in [-0.25, -0.2) is 4.79 Å². The van der Waals surface area contributed by atoms with Crippen LogP contribution in [0.15, 0.2) is 24.3 Å². The second kappa shape index (κ2) is 3.59. The van der Waals surface area contributed by atoms with E-state index in [0.29, 0.717) is 0 Å². The average molecular weight is 160 g/mol. The summed E-state index contributed by atoms with van der Waals surface area (Å²) in [5.41, 5.74) is 2.85. The lowest BCUT2D eigenvalue weighted by Crippen LogP contribution is -1.92. The van der Waals surface area contributed by atoms with Gasteiger partial charge in [0.05, 0.1) is 7.11 Å². The number of fused-ring (bicyclic) bond motifs is 1. The number of rotatable bonds is 0. The summed E-state index contributed by atoms with van der Waals surface area (Å²) < 4.78 is 4.02. The van der Waals surface area contributed by atoms with Crippen molar-refractivity contribution >= 4 is 5.97 Å². The van der Waals surface area contributed by atoms with E-state index >= 15 is 0 Å². The van der Waals surface area contributed by atoms with Gasteiger partial charge in [-0.3, -0.25) is 0 Å². The molecule has 0 bridgehead atoms. The molecule has 0 amide bonds. The molecule has 0 radical (unpaired) electrons. The van der Waals surface area contributed by atoms with Crippen LogP contribution >= 0.6 is 0 Å². The van der Waals surface area contributed by atoms with Gasteiger partial charge in [-0.1, -0.05) is 24.3 Å². The molecule has 2 heteroatoms. The minimum atomic E-state index is -0.630. The van der Waals surface area contributed by atoms with Crippen LogP contribution in [0, 0.1) is 12.3 Å². The van der Waals surface area contributed by atoms with Crippen LogP contribution in [0.2, 0.25) is 0 Å². The highest BCUT2D eigenvalue weighted by atomic mass is 16.5. The highest BCUT2D eigenvalue weighted by molar-refractivity contribution is 5.87. The number of hydrogen-bond acceptors (Lipinski definition) is 2. The van der Waals surface area contributed by atoms with Crippen molar-refractivity contribution in [1.82, 2.24) is 0 Å². The average Bonchev–Trinajstić information content (AvgIpc) is 2.10. The molecular weight excluding hydrogens is 152 g/mol. The maximum atomic E-state index is 9.72. The van der Waals surface area contributed by atoms with E-state index in [1.54, 1.807) is 5.92 Å². The molecule has 2 aliphatic rings. The fourth-order valence-electron chi connectivity index (χ4n) is 0.722. The van der Waals surface area contributed by atoms with Gasteiger partial charge in [0.15, 0.2) is 0 Å². The molecule has 0 fully saturated rings. The van der Waals surface area contributed by atoms with E-state index < -0.39 is 5.97 Å². The maximum Gasteiger partial charge on any atom is 0.383 e. The number of ether oxygens (including phenoxy) is 1. The Kier molecular flexibility index (Phi) is 2.49. The zero-order valence-electron chi connectivity index (χ0n) is 6.70. The largest absolute Gasteiger partial charge is 0.459 e. The van der Waals surface area contributed by atoms with Gasteiger partial charge >= 0.3 is 5.97 Å². The Morgan fingerprint density at radius 3 is 1.75 bits per heavy atom. The third kappa shape index (κ3) is 1.64. The van der Waals surface area contributed by atoms with Gasteiger partial charge in [-0.2, -0.15) is 0 Å². The Balaban J connectivity index is 0.000000120. The highest BCUT2D eigenvalue weighted by Gasteiger charge is 2.03. The third-order valence-corrected chi connectivity index (χ3v) is 1.52. The molecule has 0 saturated carbocycles. The fraction of sp³-hybridized carbons (Fsp3) is 0.100. The van der Waals surface area contributed by atoms with E-state index in [0.717, 1.165) is 0 Å². The molecule has 0 aromatic rings. The Hall–Kier alpha value is -1.75. The second-order valence-electron chi connectivity index (χ2n) is 2.21.